The minimum absolute atomic E-state index is 0.102. The third-order valence-electron chi connectivity index (χ3n) is 8.45. The highest BCUT2D eigenvalue weighted by molar-refractivity contribution is 7.47. The highest BCUT2D eigenvalue weighted by atomic mass is 31.2. The van der Waals surface area contributed by atoms with Crippen molar-refractivity contribution in [3.05, 3.63) is 0 Å². The Kier molecular flexibility index (Phi) is 24.1. The number of aliphatic hydroxyl groups is 5. The van der Waals surface area contributed by atoms with Gasteiger partial charge in [0.05, 0.1) is 6.61 Å². The number of esters is 2. The van der Waals surface area contributed by atoms with Crippen LogP contribution in [0, 0.1) is 0 Å². The minimum atomic E-state index is -5.09. The van der Waals surface area contributed by atoms with Gasteiger partial charge in [0.1, 0.15) is 43.2 Å². The average Bonchev–Trinajstić information content (AvgIpc) is 3.04. The Bertz CT molecular complexity index is 859. The van der Waals surface area contributed by atoms with Gasteiger partial charge >= 0.3 is 19.8 Å². The summed E-state index contributed by atoms with van der Waals surface area (Å²) < 4.78 is 33.1. The lowest BCUT2D eigenvalue weighted by atomic mass is 9.85. The average molecular weight is 699 g/mol. The molecule has 278 valence electrons. The van der Waals surface area contributed by atoms with E-state index in [-0.39, 0.29) is 12.8 Å². The van der Waals surface area contributed by atoms with Crippen LogP contribution in [0.3, 0.4) is 0 Å². The highest BCUT2D eigenvalue weighted by Crippen LogP contribution is 2.47. The fourth-order valence-electron chi connectivity index (χ4n) is 5.46. The molecule has 1 aliphatic rings. The lowest BCUT2D eigenvalue weighted by Crippen LogP contribution is -2.64. The van der Waals surface area contributed by atoms with E-state index in [0.29, 0.717) is 12.8 Å². The van der Waals surface area contributed by atoms with Crippen molar-refractivity contribution in [1.29, 1.82) is 0 Å². The summed E-state index contributed by atoms with van der Waals surface area (Å²) in [6.07, 6.45) is 6.43. The van der Waals surface area contributed by atoms with E-state index < -0.39 is 75.7 Å². The molecule has 1 rings (SSSR count). The van der Waals surface area contributed by atoms with E-state index >= 15 is 0 Å². The Hall–Kier alpha value is -1.15. The van der Waals surface area contributed by atoms with Crippen LogP contribution < -0.4 is 0 Å². The molecule has 1 aliphatic carbocycles. The van der Waals surface area contributed by atoms with Gasteiger partial charge in [0.25, 0.3) is 0 Å². The molecule has 1 fully saturated rings. The molecule has 6 N–H and O–H groups in total. The second-order valence-electron chi connectivity index (χ2n) is 12.7. The molecule has 0 bridgehead atoms. The number of unbranched alkanes of at least 4 members (excludes halogenated alkanes) is 16. The molecule has 8 atom stereocenters. The number of phosphoric acid groups is 1. The van der Waals surface area contributed by atoms with Crippen LogP contribution in [0.4, 0.5) is 0 Å². The molecule has 13 nitrogen and oxygen atoms in total. The lowest BCUT2D eigenvalue weighted by molar-refractivity contribution is -0.220. The van der Waals surface area contributed by atoms with Crippen LogP contribution in [0.1, 0.15) is 142 Å². The first-order valence-electron chi connectivity index (χ1n) is 17.8. The Morgan fingerprint density at radius 3 is 1.40 bits per heavy atom. The number of aliphatic hydroxyl groups excluding tert-OH is 5. The molecule has 1 saturated carbocycles. The number of carbonyl (C=O) groups excluding carboxylic acids is 2. The van der Waals surface area contributed by atoms with Crippen LogP contribution in [0.15, 0.2) is 0 Å². The Morgan fingerprint density at radius 2 is 0.957 bits per heavy atom. The van der Waals surface area contributed by atoms with Crippen LogP contribution in [-0.4, -0.2) is 98.3 Å². The number of phosphoric ester groups is 1. The SMILES string of the molecule is CCCCCCCCCCCC(=O)OC[C@H](COP(=O)(O)OC1C(O)C(O)C(O)[C@@H](O)C1O)OC(=O)CCCCCCCCCCC. The molecule has 6 unspecified atom stereocenters. The zero-order valence-corrected chi connectivity index (χ0v) is 29.5. The van der Waals surface area contributed by atoms with Crippen molar-refractivity contribution in [2.24, 2.45) is 0 Å². The highest BCUT2D eigenvalue weighted by Gasteiger charge is 2.51. The monoisotopic (exact) mass is 698 g/mol. The molecule has 0 aromatic rings. The van der Waals surface area contributed by atoms with Crippen molar-refractivity contribution in [2.45, 2.75) is 185 Å². The summed E-state index contributed by atoms with van der Waals surface area (Å²) in [4.78, 5) is 35.2. The van der Waals surface area contributed by atoms with Crippen LogP contribution in [0.2, 0.25) is 0 Å². The smallest absolute Gasteiger partial charge is 0.462 e. The van der Waals surface area contributed by atoms with Crippen LogP contribution in [-0.2, 0) is 32.7 Å². The van der Waals surface area contributed by atoms with Crippen molar-refractivity contribution in [3.63, 3.8) is 0 Å². The summed E-state index contributed by atoms with van der Waals surface area (Å²) in [5, 5.41) is 49.7. The standard InChI is InChI=1S/C33H63O13P/c1-3-5-7-9-11-13-15-17-19-21-26(34)43-23-25(45-27(35)22-20-18-16-14-12-10-8-6-4-2)24-44-47(41,42)46-33-31(39)29(37)28(36)30(38)32(33)40/h25,28-33,36-40H,3-24H2,1-2H3,(H,41,42)/t25-,28?,29-,30?,31?,32?,33?/m1/s1. The predicted molar refractivity (Wildman–Crippen MR) is 175 cm³/mol. The topological polar surface area (TPSA) is 210 Å². The van der Waals surface area contributed by atoms with Crippen molar-refractivity contribution >= 4 is 19.8 Å². The van der Waals surface area contributed by atoms with Crippen LogP contribution in [0.25, 0.3) is 0 Å². The van der Waals surface area contributed by atoms with E-state index in [9.17, 15) is 44.6 Å². The van der Waals surface area contributed by atoms with Gasteiger partial charge < -0.3 is 39.9 Å². The maximum absolute atomic E-state index is 12.7. The Balaban J connectivity index is 2.59. The predicted octanol–water partition coefficient (Wildman–Crippen LogP) is 4.60. The van der Waals surface area contributed by atoms with Crippen molar-refractivity contribution in [3.8, 4) is 0 Å². The molecule has 0 aromatic carbocycles. The van der Waals surface area contributed by atoms with E-state index in [1.165, 1.54) is 57.8 Å². The number of hydrogen-bond donors (Lipinski definition) is 6. The second kappa shape index (κ2) is 25.8. The number of ether oxygens (including phenoxy) is 2. The normalized spacial score (nSPS) is 24.9. The van der Waals surface area contributed by atoms with Crippen molar-refractivity contribution in [1.82, 2.24) is 0 Å². The Morgan fingerprint density at radius 1 is 0.574 bits per heavy atom. The van der Waals surface area contributed by atoms with Gasteiger partial charge in [-0.15, -0.1) is 0 Å². The van der Waals surface area contributed by atoms with Gasteiger partial charge in [0, 0.05) is 12.8 Å². The molecular formula is C33H63O13P. The van der Waals surface area contributed by atoms with Crippen molar-refractivity contribution in [2.75, 3.05) is 13.2 Å². The maximum Gasteiger partial charge on any atom is 0.472 e. The second-order valence-corrected chi connectivity index (χ2v) is 14.1. The molecule has 0 saturated heterocycles. The fourth-order valence-corrected chi connectivity index (χ4v) is 6.43. The van der Waals surface area contributed by atoms with Crippen molar-refractivity contribution < 1.29 is 63.1 Å². The first-order valence-corrected chi connectivity index (χ1v) is 19.3. The summed E-state index contributed by atoms with van der Waals surface area (Å²) in [7, 11) is -5.09. The van der Waals surface area contributed by atoms with Gasteiger partial charge in [-0.25, -0.2) is 4.57 Å². The van der Waals surface area contributed by atoms with E-state index in [4.69, 9.17) is 18.5 Å². The molecule has 14 heteroatoms. The van der Waals surface area contributed by atoms with E-state index in [1.54, 1.807) is 0 Å². The van der Waals surface area contributed by atoms with E-state index in [0.717, 1.165) is 44.9 Å². The quantitative estimate of drug-likeness (QED) is 0.0375. The molecular weight excluding hydrogens is 635 g/mol. The van der Waals surface area contributed by atoms with Crippen LogP contribution >= 0.6 is 7.82 Å². The minimum Gasteiger partial charge on any atom is -0.462 e. The summed E-state index contributed by atoms with van der Waals surface area (Å²) in [6, 6.07) is 0. The molecule has 0 aliphatic heterocycles. The van der Waals surface area contributed by atoms with Gasteiger partial charge in [-0.3, -0.25) is 18.6 Å². The number of hydrogen-bond acceptors (Lipinski definition) is 12. The largest absolute Gasteiger partial charge is 0.472 e. The fraction of sp³-hybridized carbons (Fsp3) is 0.939. The van der Waals surface area contributed by atoms with Crippen LogP contribution in [0.5, 0.6) is 0 Å². The third kappa shape index (κ3) is 19.6. The molecule has 0 radical (unpaired) electrons. The molecule has 0 spiro atoms. The zero-order valence-electron chi connectivity index (χ0n) is 28.6. The third-order valence-corrected chi connectivity index (χ3v) is 9.43. The summed E-state index contributed by atoms with van der Waals surface area (Å²) in [6.45, 7) is 3.19. The molecule has 0 heterocycles. The number of rotatable bonds is 28. The van der Waals surface area contributed by atoms with Gasteiger partial charge in [-0.1, -0.05) is 117 Å². The molecule has 0 amide bonds. The molecule has 0 aromatic heterocycles. The van der Waals surface area contributed by atoms with E-state index in [1.807, 2.05) is 0 Å². The lowest BCUT2D eigenvalue weighted by Gasteiger charge is -2.41. The van der Waals surface area contributed by atoms with Gasteiger partial charge in [-0.05, 0) is 12.8 Å². The zero-order chi connectivity index (χ0) is 35.1. The summed E-state index contributed by atoms with van der Waals surface area (Å²) in [5.41, 5.74) is 0. The van der Waals surface area contributed by atoms with Gasteiger partial charge in [0.15, 0.2) is 6.10 Å². The summed E-state index contributed by atoms with van der Waals surface area (Å²) in [5.74, 6) is -1.10. The van der Waals surface area contributed by atoms with E-state index in [2.05, 4.69) is 13.8 Å². The van der Waals surface area contributed by atoms with Gasteiger partial charge in [-0.2, -0.15) is 0 Å². The Labute approximate surface area is 281 Å². The summed E-state index contributed by atoms with van der Waals surface area (Å²) >= 11 is 0. The first-order chi connectivity index (χ1) is 22.4. The maximum atomic E-state index is 12.7. The van der Waals surface area contributed by atoms with Gasteiger partial charge in [0.2, 0.25) is 0 Å². The molecule has 47 heavy (non-hydrogen) atoms. The number of carbonyl (C=O) groups is 2. The first kappa shape index (κ1) is 43.9.